The molecule has 0 aliphatic heterocycles. The van der Waals surface area contributed by atoms with Crippen LogP contribution in [0.25, 0.3) is 0 Å². The zero-order chi connectivity index (χ0) is 8.43. The zero-order valence-electron chi connectivity index (χ0n) is 6.23. The number of halogens is 1. The van der Waals surface area contributed by atoms with Crippen molar-refractivity contribution in [1.29, 1.82) is 0 Å². The van der Waals surface area contributed by atoms with Gasteiger partial charge in [-0.25, -0.2) is 0 Å². The van der Waals surface area contributed by atoms with Crippen molar-refractivity contribution in [3.63, 3.8) is 0 Å². The molecule has 0 aliphatic carbocycles. The molecule has 1 aromatic carbocycles. The number of benzene rings is 1. The quantitative estimate of drug-likeness (QED) is 0.654. The smallest absolute Gasteiger partial charge is 0.159 e. The Bertz CT molecular complexity index is 292. The van der Waals surface area contributed by atoms with Gasteiger partial charge in [0.25, 0.3) is 0 Å². The van der Waals surface area contributed by atoms with Crippen molar-refractivity contribution < 1.29 is 4.79 Å². The highest BCUT2D eigenvalue weighted by Crippen LogP contribution is 2.17. The third-order valence-electron chi connectivity index (χ3n) is 1.46. The van der Waals surface area contributed by atoms with Gasteiger partial charge in [-0.15, -0.1) is 0 Å². The first kappa shape index (κ1) is 8.47. The first-order chi connectivity index (χ1) is 5.11. The van der Waals surface area contributed by atoms with Gasteiger partial charge in [0, 0.05) is 10.0 Å². The van der Waals surface area contributed by atoms with E-state index in [0.717, 1.165) is 10.0 Å². The minimum Gasteiger partial charge on any atom is -0.295 e. The SMILES string of the molecule is [CH2]c1ccc(C(C)=O)cc1Br. The van der Waals surface area contributed by atoms with Crippen molar-refractivity contribution >= 4 is 21.7 Å². The molecular weight excluding hydrogens is 204 g/mol. The molecule has 2 heteroatoms. The Hall–Kier alpha value is -0.630. The van der Waals surface area contributed by atoms with Crippen LogP contribution in [-0.2, 0) is 0 Å². The molecule has 0 saturated heterocycles. The van der Waals surface area contributed by atoms with Gasteiger partial charge in [0.15, 0.2) is 5.78 Å². The number of rotatable bonds is 1. The maximum atomic E-state index is 10.9. The Morgan fingerprint density at radius 2 is 2.18 bits per heavy atom. The lowest BCUT2D eigenvalue weighted by molar-refractivity contribution is 0.101. The molecule has 0 unspecified atom stereocenters. The van der Waals surface area contributed by atoms with E-state index in [1.54, 1.807) is 19.1 Å². The van der Waals surface area contributed by atoms with Crippen LogP contribution in [0.3, 0.4) is 0 Å². The summed E-state index contributed by atoms with van der Waals surface area (Å²) in [6.45, 7) is 5.31. The Balaban J connectivity index is 3.15. The first-order valence-corrected chi connectivity index (χ1v) is 4.03. The fourth-order valence-corrected chi connectivity index (χ4v) is 1.15. The van der Waals surface area contributed by atoms with Crippen molar-refractivity contribution in [3.8, 4) is 0 Å². The largest absolute Gasteiger partial charge is 0.295 e. The standard InChI is InChI=1S/C9H8BrO/c1-6-3-4-8(7(2)11)5-9(6)10/h3-5H,1H2,2H3. The van der Waals surface area contributed by atoms with E-state index in [9.17, 15) is 4.79 Å². The molecule has 11 heavy (non-hydrogen) atoms. The summed E-state index contributed by atoms with van der Waals surface area (Å²) in [4.78, 5) is 10.9. The monoisotopic (exact) mass is 211 g/mol. The molecule has 0 heterocycles. The van der Waals surface area contributed by atoms with E-state index in [-0.39, 0.29) is 5.78 Å². The first-order valence-electron chi connectivity index (χ1n) is 3.23. The minimum atomic E-state index is 0.0747. The summed E-state index contributed by atoms with van der Waals surface area (Å²) in [6, 6.07) is 5.38. The lowest BCUT2D eigenvalue weighted by Crippen LogP contribution is -1.91. The van der Waals surface area contributed by atoms with E-state index in [2.05, 4.69) is 22.9 Å². The second kappa shape index (κ2) is 3.18. The average Bonchev–Trinajstić information content (AvgIpc) is 1.94. The van der Waals surface area contributed by atoms with E-state index >= 15 is 0 Å². The molecule has 0 atom stereocenters. The lowest BCUT2D eigenvalue weighted by atomic mass is 10.1. The van der Waals surface area contributed by atoms with Gasteiger partial charge in [-0.05, 0) is 25.5 Å². The fourth-order valence-electron chi connectivity index (χ4n) is 0.766. The van der Waals surface area contributed by atoms with Gasteiger partial charge in [0.05, 0.1) is 0 Å². The minimum absolute atomic E-state index is 0.0747. The topological polar surface area (TPSA) is 17.1 Å². The summed E-state index contributed by atoms with van der Waals surface area (Å²) < 4.78 is 0.880. The van der Waals surface area contributed by atoms with E-state index < -0.39 is 0 Å². The molecule has 1 nitrogen and oxygen atoms in total. The van der Waals surface area contributed by atoms with E-state index in [4.69, 9.17) is 0 Å². The number of hydrogen-bond acceptors (Lipinski definition) is 1. The van der Waals surface area contributed by atoms with Crippen molar-refractivity contribution in [3.05, 3.63) is 40.7 Å². The Labute approximate surface area is 74.6 Å². The van der Waals surface area contributed by atoms with E-state index in [0.29, 0.717) is 5.56 Å². The van der Waals surface area contributed by atoms with Crippen LogP contribution in [0.5, 0.6) is 0 Å². The summed E-state index contributed by atoms with van der Waals surface area (Å²) >= 11 is 3.30. The number of hydrogen-bond donors (Lipinski definition) is 0. The van der Waals surface area contributed by atoms with Crippen LogP contribution in [0.4, 0.5) is 0 Å². The molecule has 1 radical (unpaired) electrons. The van der Waals surface area contributed by atoms with Gasteiger partial charge in [-0.1, -0.05) is 28.1 Å². The molecule has 0 spiro atoms. The predicted octanol–water partition coefficient (Wildman–Crippen LogP) is 2.83. The van der Waals surface area contributed by atoms with Gasteiger partial charge in [0.1, 0.15) is 0 Å². The summed E-state index contributed by atoms with van der Waals surface area (Å²) in [5.74, 6) is 0.0747. The predicted molar refractivity (Wildman–Crippen MR) is 48.6 cm³/mol. The molecule has 0 aromatic heterocycles. The second-order valence-electron chi connectivity index (χ2n) is 2.36. The molecule has 0 aliphatic rings. The van der Waals surface area contributed by atoms with Gasteiger partial charge >= 0.3 is 0 Å². The molecular formula is C9H8BrO. The van der Waals surface area contributed by atoms with Crippen molar-refractivity contribution in [2.75, 3.05) is 0 Å². The van der Waals surface area contributed by atoms with Crippen LogP contribution in [0, 0.1) is 6.92 Å². The fraction of sp³-hybridized carbons (Fsp3) is 0.111. The Morgan fingerprint density at radius 1 is 1.55 bits per heavy atom. The molecule has 0 amide bonds. The number of carbonyl (C=O) groups excluding carboxylic acids is 1. The highest BCUT2D eigenvalue weighted by Gasteiger charge is 2.00. The van der Waals surface area contributed by atoms with Gasteiger partial charge in [-0.2, -0.15) is 0 Å². The second-order valence-corrected chi connectivity index (χ2v) is 3.22. The van der Waals surface area contributed by atoms with Crippen LogP contribution in [0.15, 0.2) is 22.7 Å². The van der Waals surface area contributed by atoms with E-state index in [1.807, 2.05) is 6.07 Å². The van der Waals surface area contributed by atoms with Gasteiger partial charge < -0.3 is 0 Å². The molecule has 0 saturated carbocycles. The summed E-state index contributed by atoms with van der Waals surface area (Å²) in [7, 11) is 0. The van der Waals surface area contributed by atoms with Gasteiger partial charge in [0.2, 0.25) is 0 Å². The third kappa shape index (κ3) is 1.90. The molecule has 0 bridgehead atoms. The van der Waals surface area contributed by atoms with E-state index in [1.165, 1.54) is 0 Å². The average molecular weight is 212 g/mol. The van der Waals surface area contributed by atoms with Crippen molar-refractivity contribution in [2.45, 2.75) is 6.92 Å². The summed E-state index contributed by atoms with van der Waals surface area (Å²) in [5.41, 5.74) is 1.61. The highest BCUT2D eigenvalue weighted by atomic mass is 79.9. The van der Waals surface area contributed by atoms with Crippen LogP contribution < -0.4 is 0 Å². The zero-order valence-corrected chi connectivity index (χ0v) is 7.81. The molecule has 1 aromatic rings. The number of Topliss-reactive ketones (excluding diaryl/α,β-unsaturated/α-hetero) is 1. The maximum Gasteiger partial charge on any atom is 0.159 e. The lowest BCUT2D eigenvalue weighted by Gasteiger charge is -1.99. The summed E-state index contributed by atoms with van der Waals surface area (Å²) in [5, 5.41) is 0. The molecule has 0 N–H and O–H groups in total. The van der Waals surface area contributed by atoms with Crippen molar-refractivity contribution in [1.82, 2.24) is 0 Å². The molecule has 1 rings (SSSR count). The number of ketones is 1. The summed E-state index contributed by atoms with van der Waals surface area (Å²) in [6.07, 6.45) is 0. The third-order valence-corrected chi connectivity index (χ3v) is 2.20. The van der Waals surface area contributed by atoms with Crippen LogP contribution >= 0.6 is 15.9 Å². The number of carbonyl (C=O) groups is 1. The van der Waals surface area contributed by atoms with Crippen LogP contribution in [0.1, 0.15) is 22.8 Å². The molecule has 0 fully saturated rings. The van der Waals surface area contributed by atoms with Gasteiger partial charge in [-0.3, -0.25) is 4.79 Å². The van der Waals surface area contributed by atoms with Crippen LogP contribution in [-0.4, -0.2) is 5.78 Å². The maximum absolute atomic E-state index is 10.9. The van der Waals surface area contributed by atoms with Crippen molar-refractivity contribution in [2.24, 2.45) is 0 Å². The van der Waals surface area contributed by atoms with Crippen LogP contribution in [0.2, 0.25) is 0 Å². The Kier molecular flexibility index (Phi) is 2.45. The Morgan fingerprint density at radius 3 is 2.64 bits per heavy atom. The molecule has 57 valence electrons. The highest BCUT2D eigenvalue weighted by molar-refractivity contribution is 9.10. The normalized spacial score (nSPS) is 9.73.